The van der Waals surface area contributed by atoms with Crippen molar-refractivity contribution in [1.82, 2.24) is 4.98 Å². The highest BCUT2D eigenvalue weighted by Gasteiger charge is 2.07. The quantitative estimate of drug-likeness (QED) is 0.274. The zero-order valence-corrected chi connectivity index (χ0v) is 19.5. The molecule has 0 aliphatic carbocycles. The molecule has 0 saturated carbocycles. The SMILES string of the molecule is CC(C)=CCCC(C)=CCOC(=O)c1ccc(OCC=C(C)CCC=C(C)C)nc1. The van der Waals surface area contributed by atoms with Gasteiger partial charge in [0.15, 0.2) is 0 Å². The number of carbonyl (C=O) groups excluding carboxylic acids is 1. The summed E-state index contributed by atoms with van der Waals surface area (Å²) >= 11 is 0. The zero-order valence-electron chi connectivity index (χ0n) is 19.5. The largest absolute Gasteiger partial charge is 0.473 e. The number of hydrogen-bond acceptors (Lipinski definition) is 4. The molecule has 1 aromatic heterocycles. The van der Waals surface area contributed by atoms with Crippen molar-refractivity contribution in [2.24, 2.45) is 0 Å². The lowest BCUT2D eigenvalue weighted by atomic mass is 10.1. The van der Waals surface area contributed by atoms with Crippen molar-refractivity contribution < 1.29 is 14.3 Å². The number of hydrogen-bond donors (Lipinski definition) is 0. The van der Waals surface area contributed by atoms with Gasteiger partial charge < -0.3 is 9.47 Å². The zero-order chi connectivity index (χ0) is 22.4. The average molecular weight is 412 g/mol. The van der Waals surface area contributed by atoms with E-state index in [2.05, 4.69) is 64.8 Å². The normalized spacial score (nSPS) is 11.7. The van der Waals surface area contributed by atoms with E-state index in [1.807, 2.05) is 6.08 Å². The fourth-order valence-electron chi connectivity index (χ4n) is 2.58. The molecule has 30 heavy (non-hydrogen) atoms. The van der Waals surface area contributed by atoms with Gasteiger partial charge in [0.2, 0.25) is 5.88 Å². The van der Waals surface area contributed by atoms with Gasteiger partial charge in [-0.05, 0) is 85.4 Å². The van der Waals surface area contributed by atoms with Gasteiger partial charge in [-0.15, -0.1) is 0 Å². The Bertz CT molecular complexity index is 775. The van der Waals surface area contributed by atoms with E-state index in [1.54, 1.807) is 12.1 Å². The van der Waals surface area contributed by atoms with E-state index in [1.165, 1.54) is 28.5 Å². The number of pyridine rings is 1. The van der Waals surface area contributed by atoms with Crippen molar-refractivity contribution >= 4 is 5.97 Å². The van der Waals surface area contributed by atoms with Crippen LogP contribution in [0.4, 0.5) is 0 Å². The Hall–Kier alpha value is -2.62. The maximum atomic E-state index is 12.1. The van der Waals surface area contributed by atoms with E-state index in [-0.39, 0.29) is 12.6 Å². The van der Waals surface area contributed by atoms with Crippen molar-refractivity contribution in [3.8, 4) is 5.88 Å². The second kappa shape index (κ2) is 14.4. The van der Waals surface area contributed by atoms with Gasteiger partial charge in [-0.2, -0.15) is 0 Å². The van der Waals surface area contributed by atoms with Crippen LogP contribution in [0.2, 0.25) is 0 Å². The molecule has 0 unspecified atom stereocenters. The lowest BCUT2D eigenvalue weighted by Gasteiger charge is -2.06. The summed E-state index contributed by atoms with van der Waals surface area (Å²) in [6, 6.07) is 3.38. The lowest BCUT2D eigenvalue weighted by molar-refractivity contribution is 0.0548. The third-order valence-corrected chi connectivity index (χ3v) is 4.46. The minimum atomic E-state index is -0.377. The van der Waals surface area contributed by atoms with Crippen LogP contribution < -0.4 is 4.74 Å². The number of allylic oxidation sites excluding steroid dienone is 6. The minimum Gasteiger partial charge on any atom is -0.473 e. The Kier molecular flexibility index (Phi) is 12.2. The summed E-state index contributed by atoms with van der Waals surface area (Å²) in [6.07, 6.45) is 14.0. The first kappa shape index (κ1) is 25.4. The van der Waals surface area contributed by atoms with Crippen LogP contribution in [-0.2, 0) is 4.74 Å². The van der Waals surface area contributed by atoms with E-state index in [0.717, 1.165) is 25.7 Å². The van der Waals surface area contributed by atoms with Gasteiger partial charge in [0.1, 0.15) is 13.2 Å². The van der Waals surface area contributed by atoms with Gasteiger partial charge in [0, 0.05) is 12.3 Å². The molecule has 0 spiro atoms. The van der Waals surface area contributed by atoms with Gasteiger partial charge in [-0.25, -0.2) is 9.78 Å². The van der Waals surface area contributed by atoms with Crippen molar-refractivity contribution in [1.29, 1.82) is 0 Å². The second-order valence-electron chi connectivity index (χ2n) is 8.04. The number of rotatable bonds is 12. The summed E-state index contributed by atoms with van der Waals surface area (Å²) in [5, 5.41) is 0. The Balaban J connectivity index is 2.39. The van der Waals surface area contributed by atoms with E-state index in [4.69, 9.17) is 9.47 Å². The number of esters is 1. The predicted octanol–water partition coefficient (Wildman–Crippen LogP) is 7.00. The summed E-state index contributed by atoms with van der Waals surface area (Å²) < 4.78 is 10.9. The van der Waals surface area contributed by atoms with Gasteiger partial charge in [0.25, 0.3) is 0 Å². The van der Waals surface area contributed by atoms with Crippen LogP contribution in [0, 0.1) is 0 Å². The monoisotopic (exact) mass is 411 g/mol. The molecular formula is C26H37NO3. The molecule has 4 nitrogen and oxygen atoms in total. The van der Waals surface area contributed by atoms with Gasteiger partial charge >= 0.3 is 5.97 Å². The summed E-state index contributed by atoms with van der Waals surface area (Å²) in [4.78, 5) is 16.3. The van der Waals surface area contributed by atoms with Crippen molar-refractivity contribution in [2.45, 2.75) is 67.2 Å². The summed E-state index contributed by atoms with van der Waals surface area (Å²) in [7, 11) is 0. The lowest BCUT2D eigenvalue weighted by Crippen LogP contribution is -2.06. The third-order valence-electron chi connectivity index (χ3n) is 4.46. The molecule has 0 radical (unpaired) electrons. The first-order valence-electron chi connectivity index (χ1n) is 10.6. The molecule has 0 aromatic carbocycles. The third kappa shape index (κ3) is 12.1. The van der Waals surface area contributed by atoms with Gasteiger partial charge in [-0.3, -0.25) is 0 Å². The summed E-state index contributed by atoms with van der Waals surface area (Å²) in [6.45, 7) is 13.3. The Morgan fingerprint density at radius 3 is 1.90 bits per heavy atom. The molecule has 0 saturated heterocycles. The Labute approximate surface area is 182 Å². The van der Waals surface area contributed by atoms with Crippen LogP contribution in [0.5, 0.6) is 5.88 Å². The molecule has 1 aromatic rings. The van der Waals surface area contributed by atoms with E-state index < -0.39 is 0 Å². The second-order valence-corrected chi connectivity index (χ2v) is 8.04. The smallest absolute Gasteiger partial charge is 0.340 e. The van der Waals surface area contributed by atoms with Gasteiger partial charge in [-0.1, -0.05) is 34.4 Å². The molecule has 0 N–H and O–H groups in total. The topological polar surface area (TPSA) is 48.4 Å². The maximum absolute atomic E-state index is 12.1. The highest BCUT2D eigenvalue weighted by molar-refractivity contribution is 5.89. The fourth-order valence-corrected chi connectivity index (χ4v) is 2.58. The molecule has 0 bridgehead atoms. The Morgan fingerprint density at radius 1 is 0.833 bits per heavy atom. The molecule has 0 aliphatic heterocycles. The molecular weight excluding hydrogens is 374 g/mol. The Morgan fingerprint density at radius 2 is 1.40 bits per heavy atom. The number of aromatic nitrogens is 1. The molecule has 0 atom stereocenters. The molecule has 0 amide bonds. The highest BCUT2D eigenvalue weighted by atomic mass is 16.5. The molecule has 4 heteroatoms. The van der Waals surface area contributed by atoms with E-state index in [9.17, 15) is 4.79 Å². The van der Waals surface area contributed by atoms with E-state index >= 15 is 0 Å². The van der Waals surface area contributed by atoms with Crippen LogP contribution in [0.15, 0.2) is 64.9 Å². The number of nitrogens with zero attached hydrogens (tertiary/aromatic N) is 1. The molecule has 1 rings (SSSR count). The minimum absolute atomic E-state index is 0.272. The van der Waals surface area contributed by atoms with Crippen molar-refractivity contribution in [2.75, 3.05) is 13.2 Å². The van der Waals surface area contributed by atoms with Crippen molar-refractivity contribution in [3.63, 3.8) is 0 Å². The molecule has 164 valence electrons. The number of carbonyl (C=O) groups is 1. The van der Waals surface area contributed by atoms with Crippen LogP contribution >= 0.6 is 0 Å². The first-order chi connectivity index (χ1) is 14.3. The summed E-state index contributed by atoms with van der Waals surface area (Å²) in [5.74, 6) is 0.118. The molecule has 0 aliphatic rings. The van der Waals surface area contributed by atoms with Crippen molar-refractivity contribution in [3.05, 3.63) is 70.5 Å². The average Bonchev–Trinajstić information content (AvgIpc) is 2.68. The van der Waals surface area contributed by atoms with Crippen LogP contribution in [-0.4, -0.2) is 24.2 Å². The standard InChI is InChI=1S/C26H37NO3/c1-20(2)9-7-11-22(5)15-17-29-25-14-13-24(19-27-25)26(28)30-18-16-23(6)12-8-10-21(3)4/h9-10,13-16,19H,7-8,11-12,17-18H2,1-6H3. The molecule has 1 heterocycles. The van der Waals surface area contributed by atoms with Gasteiger partial charge in [0.05, 0.1) is 5.56 Å². The number of ether oxygens (including phenoxy) is 2. The summed E-state index contributed by atoms with van der Waals surface area (Å²) in [5.41, 5.74) is 5.59. The van der Waals surface area contributed by atoms with E-state index in [0.29, 0.717) is 18.1 Å². The van der Waals surface area contributed by atoms with Crippen LogP contribution in [0.3, 0.4) is 0 Å². The van der Waals surface area contributed by atoms with Crippen LogP contribution in [0.25, 0.3) is 0 Å². The fraction of sp³-hybridized carbons (Fsp3) is 0.462. The highest BCUT2D eigenvalue weighted by Crippen LogP contribution is 2.11. The maximum Gasteiger partial charge on any atom is 0.340 e. The first-order valence-corrected chi connectivity index (χ1v) is 10.6. The molecule has 0 fully saturated rings. The predicted molar refractivity (Wildman–Crippen MR) is 125 cm³/mol. The van der Waals surface area contributed by atoms with Crippen LogP contribution in [0.1, 0.15) is 77.6 Å².